The Morgan fingerprint density at radius 2 is 1.97 bits per heavy atom. The molecule has 5 nitrogen and oxygen atoms in total. The molecule has 0 aliphatic heterocycles. The van der Waals surface area contributed by atoms with Gasteiger partial charge in [0.05, 0.1) is 17.0 Å². The van der Waals surface area contributed by atoms with E-state index in [-0.39, 0.29) is 18.1 Å². The third kappa shape index (κ3) is 4.93. The highest BCUT2D eigenvalue weighted by Gasteiger charge is 2.38. The number of nitrogens with one attached hydrogen (secondary N) is 1. The third-order valence-electron chi connectivity index (χ3n) is 6.28. The monoisotopic (exact) mass is 574 g/mol. The number of hydrogen-bond donors (Lipinski definition) is 2. The zero-order chi connectivity index (χ0) is 24.7. The zero-order valence-electron chi connectivity index (χ0n) is 18.9. The number of fused-ring (bicyclic) bond motifs is 1. The van der Waals surface area contributed by atoms with Gasteiger partial charge in [0.1, 0.15) is 5.82 Å². The number of aliphatic hydroxyl groups is 1. The topological polar surface area (TPSA) is 79.3 Å². The number of aliphatic hydroxyl groups excluding tert-OH is 1. The van der Waals surface area contributed by atoms with Crippen LogP contribution >= 0.6 is 27.3 Å². The van der Waals surface area contributed by atoms with E-state index in [1.54, 1.807) is 18.3 Å². The number of thiophene rings is 1. The van der Waals surface area contributed by atoms with Crippen LogP contribution in [0, 0.1) is 5.82 Å². The van der Waals surface area contributed by atoms with E-state index < -0.39 is 27.1 Å². The second kappa shape index (κ2) is 9.71. The lowest BCUT2D eigenvalue weighted by Crippen LogP contribution is -2.32. The predicted molar refractivity (Wildman–Crippen MR) is 142 cm³/mol. The van der Waals surface area contributed by atoms with Gasteiger partial charge in [0.15, 0.2) is 0 Å². The number of sulfonamides is 1. The largest absolute Gasteiger partial charge is 0.396 e. The highest BCUT2D eigenvalue weighted by molar-refractivity contribution is 9.10. The van der Waals surface area contributed by atoms with Crippen LogP contribution in [0.3, 0.4) is 0 Å². The van der Waals surface area contributed by atoms with Gasteiger partial charge in [-0.25, -0.2) is 17.5 Å². The molecule has 4 aromatic rings. The van der Waals surface area contributed by atoms with Gasteiger partial charge >= 0.3 is 0 Å². The first-order valence-electron chi connectivity index (χ1n) is 11.3. The lowest BCUT2D eigenvalue weighted by molar-refractivity contribution is 0.273. The number of halogens is 2. The van der Waals surface area contributed by atoms with Crippen LogP contribution in [0.25, 0.3) is 21.3 Å². The van der Waals surface area contributed by atoms with Crippen molar-refractivity contribution in [1.29, 1.82) is 0 Å². The number of pyridine rings is 1. The van der Waals surface area contributed by atoms with Gasteiger partial charge in [-0.3, -0.25) is 4.98 Å². The van der Waals surface area contributed by atoms with Gasteiger partial charge in [0, 0.05) is 43.9 Å². The Hall–Kier alpha value is -2.17. The van der Waals surface area contributed by atoms with Crippen LogP contribution in [-0.4, -0.2) is 30.4 Å². The molecule has 182 valence electrons. The Balaban J connectivity index is 1.64. The first-order valence-corrected chi connectivity index (χ1v) is 14.5. The van der Waals surface area contributed by atoms with Gasteiger partial charge in [-0.15, -0.1) is 11.3 Å². The van der Waals surface area contributed by atoms with Crippen LogP contribution in [0.4, 0.5) is 4.39 Å². The van der Waals surface area contributed by atoms with E-state index in [0.717, 1.165) is 26.9 Å². The summed E-state index contributed by atoms with van der Waals surface area (Å²) in [6.07, 6.45) is 2.96. The minimum absolute atomic E-state index is 0.0190. The van der Waals surface area contributed by atoms with Crippen molar-refractivity contribution in [2.45, 2.75) is 37.0 Å². The summed E-state index contributed by atoms with van der Waals surface area (Å²) >= 11 is 4.86. The van der Waals surface area contributed by atoms with Crippen LogP contribution in [0.1, 0.15) is 47.7 Å². The van der Waals surface area contributed by atoms with Crippen molar-refractivity contribution in [3.8, 4) is 11.3 Å². The number of hydrogen-bond acceptors (Lipinski definition) is 5. The van der Waals surface area contributed by atoms with Crippen LogP contribution in [0.2, 0.25) is 0 Å². The van der Waals surface area contributed by atoms with Crippen molar-refractivity contribution in [2.75, 3.05) is 6.61 Å². The van der Waals surface area contributed by atoms with Crippen LogP contribution in [0.5, 0.6) is 0 Å². The fourth-order valence-corrected chi connectivity index (χ4v) is 7.53. The van der Waals surface area contributed by atoms with Crippen molar-refractivity contribution >= 4 is 47.4 Å². The van der Waals surface area contributed by atoms with E-state index in [1.807, 2.05) is 43.3 Å². The number of nitrogens with zero attached hydrogens (tertiary/aromatic N) is 1. The summed E-state index contributed by atoms with van der Waals surface area (Å²) in [7, 11) is -3.60. The summed E-state index contributed by atoms with van der Waals surface area (Å²) in [5.74, 6) is -0.498. The molecule has 0 spiro atoms. The molecular weight excluding hydrogens is 551 g/mol. The van der Waals surface area contributed by atoms with Crippen molar-refractivity contribution in [1.82, 2.24) is 9.71 Å². The second-order valence-electron chi connectivity index (χ2n) is 8.86. The summed E-state index contributed by atoms with van der Waals surface area (Å²) in [6, 6.07) is 15.4. The van der Waals surface area contributed by atoms with Crippen molar-refractivity contribution in [3.05, 3.63) is 87.1 Å². The van der Waals surface area contributed by atoms with Gasteiger partial charge in [-0.1, -0.05) is 47.1 Å². The molecule has 2 atom stereocenters. The fourth-order valence-electron chi connectivity index (χ4n) is 4.12. The van der Waals surface area contributed by atoms with Crippen LogP contribution in [0.15, 0.2) is 65.3 Å². The Labute approximate surface area is 216 Å². The molecule has 2 N–H and O–H groups in total. The number of aromatic nitrogens is 1. The van der Waals surface area contributed by atoms with Crippen molar-refractivity contribution in [3.63, 3.8) is 0 Å². The molecule has 9 heteroatoms. The minimum atomic E-state index is -3.60. The first-order chi connectivity index (χ1) is 16.8. The normalized spacial score (nSPS) is 15.9. The molecule has 2 aromatic carbocycles. The smallest absolute Gasteiger partial charge is 0.215 e. The van der Waals surface area contributed by atoms with E-state index in [9.17, 15) is 13.5 Å². The average molecular weight is 576 g/mol. The maximum absolute atomic E-state index is 15.0. The number of benzene rings is 2. The SMILES string of the molecule is CC(CO)c1ccnc(-c2cccc3cc(C(NS(=O)(=O)C4CC4)c4c(F)cccc4Br)sc23)c1. The standard InChI is InChI=1S/C26H24BrFN2O3S2/c1-15(14-31)16-10-11-29-22(12-16)19-5-2-4-17-13-23(34-26(17)19)25(30-35(32,33)18-8-9-18)24-20(27)6-3-7-21(24)28/h2-7,10-13,15,18,25,30-31H,8-9,14H2,1H3. The third-order valence-corrected chi connectivity index (χ3v) is 10.1. The molecular formula is C26H24BrFN2O3S2. The molecule has 0 bridgehead atoms. The molecule has 2 heterocycles. The van der Waals surface area contributed by atoms with Crippen LogP contribution < -0.4 is 4.72 Å². The van der Waals surface area contributed by atoms with Crippen molar-refractivity contribution < 1.29 is 17.9 Å². The first kappa shape index (κ1) is 24.5. The lowest BCUT2D eigenvalue weighted by atomic mass is 10.00. The maximum Gasteiger partial charge on any atom is 0.215 e. The Kier molecular flexibility index (Phi) is 6.80. The van der Waals surface area contributed by atoms with E-state index in [0.29, 0.717) is 22.2 Å². The highest BCUT2D eigenvalue weighted by atomic mass is 79.9. The maximum atomic E-state index is 15.0. The highest BCUT2D eigenvalue weighted by Crippen LogP contribution is 2.42. The predicted octanol–water partition coefficient (Wildman–Crippen LogP) is 6.13. The molecule has 1 aliphatic rings. The molecule has 5 rings (SSSR count). The molecule has 2 unspecified atom stereocenters. The van der Waals surface area contributed by atoms with Crippen molar-refractivity contribution in [2.24, 2.45) is 0 Å². The molecule has 0 amide bonds. The quantitative estimate of drug-likeness (QED) is 0.265. The van der Waals surface area contributed by atoms with Gasteiger partial charge in [-0.2, -0.15) is 0 Å². The summed E-state index contributed by atoms with van der Waals surface area (Å²) in [5.41, 5.74) is 2.92. The molecule has 1 fully saturated rings. The van der Waals surface area contributed by atoms with E-state index in [4.69, 9.17) is 0 Å². The Morgan fingerprint density at radius 1 is 1.20 bits per heavy atom. The van der Waals surface area contributed by atoms with Gasteiger partial charge in [-0.05, 0) is 54.1 Å². The molecule has 0 saturated heterocycles. The van der Waals surface area contributed by atoms with Gasteiger partial charge < -0.3 is 5.11 Å². The van der Waals surface area contributed by atoms with E-state index in [1.165, 1.54) is 17.4 Å². The average Bonchev–Trinajstić information content (AvgIpc) is 3.62. The molecule has 0 radical (unpaired) electrons. The fraction of sp³-hybridized carbons (Fsp3) is 0.269. The summed E-state index contributed by atoms with van der Waals surface area (Å²) < 4.78 is 45.1. The van der Waals surface area contributed by atoms with Gasteiger partial charge in [0.2, 0.25) is 10.0 Å². The van der Waals surface area contributed by atoms with E-state index >= 15 is 4.39 Å². The second-order valence-corrected chi connectivity index (χ2v) is 12.8. The summed E-state index contributed by atoms with van der Waals surface area (Å²) in [5, 5.41) is 10.1. The minimum Gasteiger partial charge on any atom is -0.396 e. The number of rotatable bonds is 8. The van der Waals surface area contributed by atoms with Gasteiger partial charge in [0.25, 0.3) is 0 Å². The summed E-state index contributed by atoms with van der Waals surface area (Å²) in [6.45, 7) is 1.99. The molecule has 1 saturated carbocycles. The summed E-state index contributed by atoms with van der Waals surface area (Å²) in [4.78, 5) is 5.25. The molecule has 35 heavy (non-hydrogen) atoms. The van der Waals surface area contributed by atoms with E-state index in [2.05, 4.69) is 25.6 Å². The Morgan fingerprint density at radius 3 is 2.69 bits per heavy atom. The molecule has 2 aromatic heterocycles. The zero-order valence-corrected chi connectivity index (χ0v) is 22.1. The molecule has 1 aliphatic carbocycles. The lowest BCUT2D eigenvalue weighted by Gasteiger charge is -2.20. The Bertz CT molecular complexity index is 1480. The van der Waals surface area contributed by atoms with Crippen LogP contribution in [-0.2, 0) is 10.0 Å².